The minimum Gasteiger partial charge on any atom is -0.380 e. The van der Waals surface area contributed by atoms with Crippen LogP contribution in [0.1, 0.15) is 194 Å². The van der Waals surface area contributed by atoms with Crippen LogP contribution in [0, 0.1) is 0 Å². The highest BCUT2D eigenvalue weighted by atomic mass is 16.5. The quantitative estimate of drug-likeness (QED) is 0.0827. The highest BCUT2D eigenvalue weighted by Gasteiger charge is 2.03. The monoisotopic (exact) mass is 540 g/mol. The van der Waals surface area contributed by atoms with Crippen LogP contribution in [0.3, 0.4) is 0 Å². The second-order valence-corrected chi connectivity index (χ2v) is 12.1. The Labute approximate surface area is 241 Å². The maximum absolute atomic E-state index is 6.14. The molecule has 0 aromatic heterocycles. The van der Waals surface area contributed by atoms with E-state index in [9.17, 15) is 0 Å². The van der Waals surface area contributed by atoms with E-state index in [0.717, 1.165) is 13.2 Å². The predicted molar refractivity (Wildman–Crippen MR) is 170 cm³/mol. The van der Waals surface area contributed by atoms with Gasteiger partial charge >= 0.3 is 0 Å². The lowest BCUT2D eigenvalue weighted by atomic mass is 10.0. The molecule has 0 radical (unpaired) electrons. The molecule has 230 valence electrons. The average molecular weight is 540 g/mol. The SMILES string of the molecule is CCCCCCCCCCCCCCCCOCC(N)COCCCCCCCCCCCCCCCC. The molecule has 0 spiro atoms. The Morgan fingerprint density at radius 3 is 0.789 bits per heavy atom. The Morgan fingerprint density at radius 2 is 0.553 bits per heavy atom. The molecule has 0 aromatic carbocycles. The molecule has 0 heterocycles. The standard InChI is InChI=1S/C35H73NO2/c1-3-5-7-9-11-13-15-17-19-21-23-25-27-29-31-37-33-35(36)34-38-32-30-28-26-24-22-20-18-16-14-12-10-8-6-4-2/h35H,3-34,36H2,1-2H3. The lowest BCUT2D eigenvalue weighted by Crippen LogP contribution is -2.31. The summed E-state index contributed by atoms with van der Waals surface area (Å²) in [7, 11) is 0. The fourth-order valence-electron chi connectivity index (χ4n) is 5.31. The summed E-state index contributed by atoms with van der Waals surface area (Å²) in [6, 6.07) is 0.0216. The van der Waals surface area contributed by atoms with E-state index in [1.807, 2.05) is 0 Å². The van der Waals surface area contributed by atoms with Crippen molar-refractivity contribution in [3.05, 3.63) is 0 Å². The summed E-state index contributed by atoms with van der Waals surface area (Å²) >= 11 is 0. The molecule has 0 aliphatic carbocycles. The van der Waals surface area contributed by atoms with Crippen molar-refractivity contribution in [1.82, 2.24) is 0 Å². The zero-order valence-corrected chi connectivity index (χ0v) is 26.6. The van der Waals surface area contributed by atoms with Crippen molar-refractivity contribution >= 4 is 0 Å². The normalized spacial score (nSPS) is 11.7. The third kappa shape index (κ3) is 33.9. The van der Waals surface area contributed by atoms with Gasteiger partial charge in [0.2, 0.25) is 0 Å². The van der Waals surface area contributed by atoms with Crippen LogP contribution in [0.4, 0.5) is 0 Å². The van der Waals surface area contributed by atoms with Crippen molar-refractivity contribution in [1.29, 1.82) is 0 Å². The molecule has 0 rings (SSSR count). The van der Waals surface area contributed by atoms with Crippen molar-refractivity contribution in [3.63, 3.8) is 0 Å². The van der Waals surface area contributed by atoms with Crippen molar-refractivity contribution < 1.29 is 9.47 Å². The van der Waals surface area contributed by atoms with Gasteiger partial charge in [-0.25, -0.2) is 0 Å². The number of rotatable bonds is 34. The third-order valence-electron chi connectivity index (χ3n) is 7.95. The number of hydrogen-bond donors (Lipinski definition) is 1. The highest BCUT2D eigenvalue weighted by molar-refractivity contribution is 4.58. The molecular formula is C35H73NO2. The minimum atomic E-state index is 0.0216. The maximum atomic E-state index is 6.14. The zero-order valence-electron chi connectivity index (χ0n) is 26.6. The van der Waals surface area contributed by atoms with Crippen molar-refractivity contribution in [2.45, 2.75) is 200 Å². The molecule has 3 nitrogen and oxygen atoms in total. The Morgan fingerprint density at radius 1 is 0.342 bits per heavy atom. The van der Waals surface area contributed by atoms with Crippen LogP contribution in [-0.2, 0) is 9.47 Å². The molecule has 3 heteroatoms. The molecule has 0 amide bonds. The van der Waals surface area contributed by atoms with Gasteiger partial charge < -0.3 is 15.2 Å². The summed E-state index contributed by atoms with van der Waals surface area (Å²) < 4.78 is 11.6. The first-order valence-corrected chi connectivity index (χ1v) is 17.7. The smallest absolute Gasteiger partial charge is 0.0640 e. The Hall–Kier alpha value is -0.120. The van der Waals surface area contributed by atoms with E-state index in [2.05, 4.69) is 13.8 Å². The third-order valence-corrected chi connectivity index (χ3v) is 7.95. The van der Waals surface area contributed by atoms with E-state index in [4.69, 9.17) is 15.2 Å². The van der Waals surface area contributed by atoms with Crippen LogP contribution in [0.25, 0.3) is 0 Å². The van der Waals surface area contributed by atoms with Crippen LogP contribution >= 0.6 is 0 Å². The zero-order chi connectivity index (χ0) is 27.6. The summed E-state index contributed by atoms with van der Waals surface area (Å²) in [4.78, 5) is 0. The van der Waals surface area contributed by atoms with Crippen LogP contribution in [0.5, 0.6) is 0 Å². The molecule has 38 heavy (non-hydrogen) atoms. The summed E-state index contributed by atoms with van der Waals surface area (Å²) in [6.45, 7) is 7.56. The fraction of sp³-hybridized carbons (Fsp3) is 1.00. The Kier molecular flexibility index (Phi) is 34.8. The van der Waals surface area contributed by atoms with Gasteiger partial charge in [-0.15, -0.1) is 0 Å². The Bertz CT molecular complexity index is 367. The van der Waals surface area contributed by atoms with E-state index < -0.39 is 0 Å². The van der Waals surface area contributed by atoms with E-state index in [-0.39, 0.29) is 6.04 Å². The minimum absolute atomic E-state index is 0.0216. The first-order chi connectivity index (χ1) is 18.8. The lowest BCUT2D eigenvalue weighted by Gasteiger charge is -2.13. The van der Waals surface area contributed by atoms with Gasteiger partial charge in [-0.3, -0.25) is 0 Å². The molecule has 0 saturated heterocycles. The topological polar surface area (TPSA) is 44.5 Å². The van der Waals surface area contributed by atoms with Crippen LogP contribution < -0.4 is 5.73 Å². The van der Waals surface area contributed by atoms with Gasteiger partial charge in [0.25, 0.3) is 0 Å². The second kappa shape index (κ2) is 34.9. The van der Waals surface area contributed by atoms with E-state index >= 15 is 0 Å². The van der Waals surface area contributed by atoms with Gasteiger partial charge in [0.15, 0.2) is 0 Å². The lowest BCUT2D eigenvalue weighted by molar-refractivity contribution is 0.0644. The molecular weight excluding hydrogens is 466 g/mol. The summed E-state index contributed by atoms with van der Waals surface area (Å²) in [6.07, 6.45) is 39.1. The predicted octanol–water partition coefficient (Wildman–Crippen LogP) is 11.3. The first-order valence-electron chi connectivity index (χ1n) is 17.7. The van der Waals surface area contributed by atoms with Crippen molar-refractivity contribution in [3.8, 4) is 0 Å². The molecule has 0 unspecified atom stereocenters. The van der Waals surface area contributed by atoms with Crippen LogP contribution in [-0.4, -0.2) is 32.5 Å². The number of ether oxygens (including phenoxy) is 2. The first kappa shape index (κ1) is 37.9. The summed E-state index contributed by atoms with van der Waals surface area (Å²) in [5.41, 5.74) is 6.14. The fourth-order valence-corrected chi connectivity index (χ4v) is 5.31. The molecule has 2 N–H and O–H groups in total. The van der Waals surface area contributed by atoms with Gasteiger partial charge in [-0.1, -0.05) is 181 Å². The van der Waals surface area contributed by atoms with Crippen LogP contribution in [0.15, 0.2) is 0 Å². The van der Waals surface area contributed by atoms with E-state index in [1.54, 1.807) is 0 Å². The molecule has 0 bridgehead atoms. The summed E-state index contributed by atoms with van der Waals surface area (Å²) in [5.74, 6) is 0. The number of nitrogens with two attached hydrogens (primary N) is 1. The van der Waals surface area contributed by atoms with Crippen molar-refractivity contribution in [2.75, 3.05) is 26.4 Å². The van der Waals surface area contributed by atoms with Crippen molar-refractivity contribution in [2.24, 2.45) is 5.73 Å². The molecule has 0 aliphatic heterocycles. The van der Waals surface area contributed by atoms with E-state index in [0.29, 0.717) is 13.2 Å². The van der Waals surface area contributed by atoms with E-state index in [1.165, 1.54) is 180 Å². The average Bonchev–Trinajstić information content (AvgIpc) is 2.92. The number of unbranched alkanes of at least 4 members (excludes halogenated alkanes) is 26. The van der Waals surface area contributed by atoms with Crippen LogP contribution in [0.2, 0.25) is 0 Å². The molecule has 0 aromatic rings. The van der Waals surface area contributed by atoms with Gasteiger partial charge in [-0.05, 0) is 12.8 Å². The van der Waals surface area contributed by atoms with Gasteiger partial charge in [-0.2, -0.15) is 0 Å². The molecule has 0 aliphatic rings. The van der Waals surface area contributed by atoms with Gasteiger partial charge in [0.1, 0.15) is 0 Å². The largest absolute Gasteiger partial charge is 0.380 e. The number of hydrogen-bond acceptors (Lipinski definition) is 3. The Balaban J connectivity index is 3.13. The molecule has 0 atom stereocenters. The summed E-state index contributed by atoms with van der Waals surface area (Å²) in [5, 5.41) is 0. The molecule has 0 fully saturated rings. The maximum Gasteiger partial charge on any atom is 0.0640 e. The highest BCUT2D eigenvalue weighted by Crippen LogP contribution is 2.14. The molecule has 0 saturated carbocycles. The van der Waals surface area contributed by atoms with Gasteiger partial charge in [0.05, 0.1) is 19.3 Å². The van der Waals surface area contributed by atoms with Gasteiger partial charge in [0, 0.05) is 13.2 Å². The second-order valence-electron chi connectivity index (χ2n) is 12.1.